The highest BCUT2D eigenvalue weighted by atomic mass is 16.2. The minimum Gasteiger partial charge on any atom is -0.334 e. The van der Waals surface area contributed by atoms with Crippen LogP contribution >= 0.6 is 0 Å². The zero-order chi connectivity index (χ0) is 9.68. The van der Waals surface area contributed by atoms with E-state index in [0.717, 1.165) is 12.5 Å². The number of piperidine rings is 1. The summed E-state index contributed by atoms with van der Waals surface area (Å²) in [6, 6.07) is 0. The van der Waals surface area contributed by atoms with E-state index in [9.17, 15) is 4.79 Å². The zero-order valence-corrected chi connectivity index (χ0v) is 8.31. The normalized spacial score (nSPS) is 28.5. The van der Waals surface area contributed by atoms with Gasteiger partial charge in [-0.05, 0) is 18.8 Å². The number of hydrogen-bond donors (Lipinski definition) is 3. The van der Waals surface area contributed by atoms with Crippen molar-refractivity contribution < 1.29 is 9.69 Å². The first-order valence-corrected chi connectivity index (χ1v) is 5.05. The Bertz CT molecular complexity index is 164. The van der Waals surface area contributed by atoms with E-state index in [2.05, 4.69) is 12.3 Å². The van der Waals surface area contributed by atoms with Crippen LogP contribution in [0, 0.1) is 5.92 Å². The monoisotopic (exact) mass is 186 g/mol. The second-order valence-corrected chi connectivity index (χ2v) is 4.00. The van der Waals surface area contributed by atoms with Crippen molar-refractivity contribution in [2.24, 2.45) is 11.8 Å². The maximum atomic E-state index is 10.9. The van der Waals surface area contributed by atoms with Crippen LogP contribution in [0.25, 0.3) is 0 Å². The number of likely N-dealkylation sites (tertiary alicyclic amines) is 1. The molecule has 0 atom stereocenters. The van der Waals surface area contributed by atoms with E-state index in [1.165, 1.54) is 25.9 Å². The van der Waals surface area contributed by atoms with Gasteiger partial charge in [0.25, 0.3) is 0 Å². The van der Waals surface area contributed by atoms with Crippen molar-refractivity contribution in [1.29, 1.82) is 0 Å². The number of hydrazine groups is 1. The zero-order valence-electron chi connectivity index (χ0n) is 8.31. The molecule has 0 aromatic rings. The number of hydrogen-bond acceptors (Lipinski definition) is 2. The summed E-state index contributed by atoms with van der Waals surface area (Å²) in [7, 11) is 0. The number of nitrogens with one attached hydrogen (secondary N) is 2. The number of quaternary nitrogens is 1. The lowest BCUT2D eigenvalue weighted by molar-refractivity contribution is -0.905. The Balaban J connectivity index is 2.12. The van der Waals surface area contributed by atoms with Gasteiger partial charge in [-0.3, -0.25) is 10.2 Å². The molecule has 13 heavy (non-hydrogen) atoms. The quantitative estimate of drug-likeness (QED) is 0.291. The lowest BCUT2D eigenvalue weighted by Gasteiger charge is -2.26. The standard InChI is InChI=1S/C9H19N3O/c1-8-2-5-12(6-3-8)7-4-9(13)11-10/h8H,2-7,10H2,1H3,(H,11,13)/p+1. The summed E-state index contributed by atoms with van der Waals surface area (Å²) < 4.78 is 0. The van der Waals surface area contributed by atoms with Crippen LogP contribution in [-0.4, -0.2) is 25.5 Å². The molecule has 76 valence electrons. The van der Waals surface area contributed by atoms with E-state index in [1.54, 1.807) is 4.90 Å². The molecule has 4 heteroatoms. The molecule has 0 aromatic carbocycles. The minimum atomic E-state index is -0.0499. The summed E-state index contributed by atoms with van der Waals surface area (Å²) >= 11 is 0. The van der Waals surface area contributed by atoms with Gasteiger partial charge in [-0.25, -0.2) is 5.84 Å². The van der Waals surface area contributed by atoms with Crippen molar-refractivity contribution >= 4 is 5.91 Å². The molecule has 1 aliphatic heterocycles. The fraction of sp³-hybridized carbons (Fsp3) is 0.889. The van der Waals surface area contributed by atoms with Crippen molar-refractivity contribution in [3.63, 3.8) is 0 Å². The molecule has 1 saturated heterocycles. The van der Waals surface area contributed by atoms with Crippen molar-refractivity contribution in [2.75, 3.05) is 19.6 Å². The summed E-state index contributed by atoms with van der Waals surface area (Å²) in [5.74, 6) is 5.82. The first-order valence-electron chi connectivity index (χ1n) is 5.05. The van der Waals surface area contributed by atoms with Gasteiger partial charge in [-0.2, -0.15) is 0 Å². The van der Waals surface area contributed by atoms with Crippen molar-refractivity contribution in [3.05, 3.63) is 0 Å². The third-order valence-corrected chi connectivity index (χ3v) is 2.85. The van der Waals surface area contributed by atoms with Gasteiger partial charge >= 0.3 is 0 Å². The number of carbonyl (C=O) groups is 1. The van der Waals surface area contributed by atoms with Crippen LogP contribution in [0.2, 0.25) is 0 Å². The third kappa shape index (κ3) is 3.74. The van der Waals surface area contributed by atoms with E-state index in [4.69, 9.17) is 5.84 Å². The Morgan fingerprint density at radius 2 is 2.15 bits per heavy atom. The Hall–Kier alpha value is -0.610. The van der Waals surface area contributed by atoms with Crippen molar-refractivity contribution in [1.82, 2.24) is 5.43 Å². The molecule has 0 bridgehead atoms. The molecule has 1 aliphatic rings. The van der Waals surface area contributed by atoms with Gasteiger partial charge in [-0.15, -0.1) is 0 Å². The van der Waals surface area contributed by atoms with E-state index in [0.29, 0.717) is 6.42 Å². The van der Waals surface area contributed by atoms with Gasteiger partial charge in [0.05, 0.1) is 26.1 Å². The number of rotatable bonds is 3. The van der Waals surface area contributed by atoms with E-state index in [-0.39, 0.29) is 5.91 Å². The highest BCUT2D eigenvalue weighted by Crippen LogP contribution is 2.06. The third-order valence-electron chi connectivity index (χ3n) is 2.85. The highest BCUT2D eigenvalue weighted by Gasteiger charge is 2.18. The fourth-order valence-corrected chi connectivity index (χ4v) is 1.78. The van der Waals surface area contributed by atoms with Crippen molar-refractivity contribution in [3.8, 4) is 0 Å². The molecular formula is C9H20N3O+. The summed E-state index contributed by atoms with van der Waals surface area (Å²) in [5.41, 5.74) is 2.16. The smallest absolute Gasteiger partial charge is 0.239 e. The molecule has 0 aliphatic carbocycles. The average Bonchev–Trinajstić information content (AvgIpc) is 2.16. The molecule has 0 saturated carbocycles. The SMILES string of the molecule is CC1CC[NH+](CCC(=O)NN)CC1. The van der Waals surface area contributed by atoms with Gasteiger partial charge in [0.15, 0.2) is 0 Å². The summed E-state index contributed by atoms with van der Waals surface area (Å²) in [5, 5.41) is 0. The summed E-state index contributed by atoms with van der Waals surface area (Å²) in [6.07, 6.45) is 3.14. The molecule has 0 spiro atoms. The summed E-state index contributed by atoms with van der Waals surface area (Å²) in [4.78, 5) is 12.4. The van der Waals surface area contributed by atoms with Gasteiger partial charge in [0.2, 0.25) is 5.91 Å². The highest BCUT2D eigenvalue weighted by molar-refractivity contribution is 5.75. The first-order chi connectivity index (χ1) is 6.22. The number of carbonyl (C=O) groups excluding carboxylic acids is 1. The number of amides is 1. The predicted molar refractivity (Wildman–Crippen MR) is 50.9 cm³/mol. The largest absolute Gasteiger partial charge is 0.334 e. The van der Waals surface area contributed by atoms with Crippen LogP contribution < -0.4 is 16.2 Å². The van der Waals surface area contributed by atoms with Crippen LogP contribution in [0.3, 0.4) is 0 Å². The van der Waals surface area contributed by atoms with Gasteiger partial charge < -0.3 is 4.90 Å². The Morgan fingerprint density at radius 3 is 2.69 bits per heavy atom. The van der Waals surface area contributed by atoms with E-state index in [1.807, 2.05) is 0 Å². The fourth-order valence-electron chi connectivity index (χ4n) is 1.78. The Labute approximate surface area is 79.4 Å². The Kier molecular flexibility index (Phi) is 4.18. The first kappa shape index (κ1) is 10.5. The van der Waals surface area contributed by atoms with Crippen molar-refractivity contribution in [2.45, 2.75) is 26.2 Å². The lowest BCUT2D eigenvalue weighted by atomic mass is 9.99. The van der Waals surface area contributed by atoms with E-state index >= 15 is 0 Å². The molecule has 1 rings (SSSR count). The second-order valence-electron chi connectivity index (χ2n) is 4.00. The second kappa shape index (κ2) is 5.19. The van der Waals surface area contributed by atoms with Crippen LogP contribution in [-0.2, 0) is 4.79 Å². The van der Waals surface area contributed by atoms with Gasteiger partial charge in [0.1, 0.15) is 0 Å². The molecule has 4 N–H and O–H groups in total. The molecule has 1 heterocycles. The van der Waals surface area contributed by atoms with E-state index < -0.39 is 0 Å². The minimum absolute atomic E-state index is 0.0499. The molecule has 1 amide bonds. The topological polar surface area (TPSA) is 59.6 Å². The van der Waals surface area contributed by atoms with Crippen LogP contribution in [0.4, 0.5) is 0 Å². The molecule has 0 unspecified atom stereocenters. The Morgan fingerprint density at radius 1 is 1.54 bits per heavy atom. The molecule has 0 radical (unpaired) electrons. The maximum Gasteiger partial charge on any atom is 0.239 e. The maximum absolute atomic E-state index is 10.9. The molecule has 1 fully saturated rings. The number of nitrogens with two attached hydrogens (primary N) is 1. The van der Waals surface area contributed by atoms with Gasteiger partial charge in [-0.1, -0.05) is 6.92 Å². The van der Waals surface area contributed by atoms with Crippen LogP contribution in [0.5, 0.6) is 0 Å². The van der Waals surface area contributed by atoms with Crippen LogP contribution in [0.1, 0.15) is 26.2 Å². The molecule has 4 nitrogen and oxygen atoms in total. The predicted octanol–water partition coefficient (Wildman–Crippen LogP) is -1.32. The summed E-state index contributed by atoms with van der Waals surface area (Å²) in [6.45, 7) is 5.64. The average molecular weight is 186 g/mol. The molecular weight excluding hydrogens is 166 g/mol. The lowest BCUT2D eigenvalue weighted by Crippen LogP contribution is -3.13. The van der Waals surface area contributed by atoms with Crippen LogP contribution in [0.15, 0.2) is 0 Å². The van der Waals surface area contributed by atoms with Gasteiger partial charge in [0, 0.05) is 0 Å². The molecule has 0 aromatic heterocycles.